The number of fused-ring (bicyclic) bond motifs is 1. The lowest BCUT2D eigenvalue weighted by molar-refractivity contribution is -0.140. The molecule has 92 valence electrons. The molecule has 1 aliphatic heterocycles. The van der Waals surface area contributed by atoms with Gasteiger partial charge in [-0.1, -0.05) is 12.2 Å². The molecule has 0 radical (unpaired) electrons. The fourth-order valence-electron chi connectivity index (χ4n) is 2.50. The predicted octanol–water partition coefficient (Wildman–Crippen LogP) is 0.203. The van der Waals surface area contributed by atoms with Gasteiger partial charge in [-0.2, -0.15) is 0 Å². The van der Waals surface area contributed by atoms with Gasteiger partial charge < -0.3 is 5.73 Å². The molecule has 1 saturated heterocycles. The molecule has 1 heterocycles. The van der Waals surface area contributed by atoms with E-state index in [1.807, 2.05) is 12.2 Å². The smallest absolute Gasteiger partial charge is 0.233 e. The number of allylic oxidation sites excluding steroid dienone is 2. The first kappa shape index (κ1) is 11.8. The molecule has 5 heteroatoms. The van der Waals surface area contributed by atoms with Crippen LogP contribution in [-0.4, -0.2) is 29.2 Å². The molecule has 2 rings (SSSR count). The summed E-state index contributed by atoms with van der Waals surface area (Å²) in [6, 6.07) is 0. The molecular formula is C12H16N2O3. The predicted molar refractivity (Wildman–Crippen MR) is 60.5 cm³/mol. The summed E-state index contributed by atoms with van der Waals surface area (Å²) in [5.41, 5.74) is 5.03. The maximum absolute atomic E-state index is 12.0. The van der Waals surface area contributed by atoms with E-state index in [0.29, 0.717) is 25.8 Å². The zero-order valence-electron chi connectivity index (χ0n) is 9.59. The lowest BCUT2D eigenvalue weighted by Crippen LogP contribution is -2.32. The van der Waals surface area contributed by atoms with E-state index in [0.717, 1.165) is 0 Å². The summed E-state index contributed by atoms with van der Waals surface area (Å²) in [5, 5.41) is 0. The summed E-state index contributed by atoms with van der Waals surface area (Å²) in [6.07, 6.45) is 5.89. The second kappa shape index (κ2) is 4.69. The first-order valence-corrected chi connectivity index (χ1v) is 5.90. The summed E-state index contributed by atoms with van der Waals surface area (Å²) < 4.78 is 0. The lowest BCUT2D eigenvalue weighted by Gasteiger charge is -2.14. The van der Waals surface area contributed by atoms with E-state index < -0.39 is 5.91 Å². The molecule has 0 spiro atoms. The normalized spacial score (nSPS) is 27.4. The molecule has 0 bridgehead atoms. The van der Waals surface area contributed by atoms with E-state index in [9.17, 15) is 14.4 Å². The molecule has 2 N–H and O–H groups in total. The van der Waals surface area contributed by atoms with Crippen LogP contribution >= 0.6 is 0 Å². The van der Waals surface area contributed by atoms with E-state index >= 15 is 0 Å². The van der Waals surface area contributed by atoms with Gasteiger partial charge in [0, 0.05) is 13.0 Å². The molecule has 1 fully saturated rings. The first-order valence-electron chi connectivity index (χ1n) is 5.90. The molecule has 17 heavy (non-hydrogen) atoms. The van der Waals surface area contributed by atoms with Crippen LogP contribution < -0.4 is 5.73 Å². The molecular weight excluding hydrogens is 220 g/mol. The van der Waals surface area contributed by atoms with Gasteiger partial charge in [-0.3, -0.25) is 19.3 Å². The Labute approximate surface area is 99.6 Å². The summed E-state index contributed by atoms with van der Waals surface area (Å²) >= 11 is 0. The molecule has 0 aromatic heterocycles. The van der Waals surface area contributed by atoms with Crippen molar-refractivity contribution in [3.8, 4) is 0 Å². The number of nitrogens with zero attached hydrogens (tertiary/aromatic N) is 1. The minimum Gasteiger partial charge on any atom is -0.370 e. The fraction of sp³-hybridized carbons (Fsp3) is 0.583. The van der Waals surface area contributed by atoms with Gasteiger partial charge in [-0.05, 0) is 19.3 Å². The van der Waals surface area contributed by atoms with Crippen molar-refractivity contribution in [3.05, 3.63) is 12.2 Å². The van der Waals surface area contributed by atoms with Crippen molar-refractivity contribution in [3.63, 3.8) is 0 Å². The quantitative estimate of drug-likeness (QED) is 0.559. The van der Waals surface area contributed by atoms with Gasteiger partial charge in [0.05, 0.1) is 11.8 Å². The van der Waals surface area contributed by atoms with E-state index in [-0.39, 0.29) is 30.1 Å². The number of primary amides is 1. The average Bonchev–Trinajstić information content (AvgIpc) is 2.54. The largest absolute Gasteiger partial charge is 0.370 e. The monoisotopic (exact) mass is 236 g/mol. The van der Waals surface area contributed by atoms with Crippen LogP contribution in [0.2, 0.25) is 0 Å². The van der Waals surface area contributed by atoms with Crippen LogP contribution in [-0.2, 0) is 14.4 Å². The number of amides is 3. The van der Waals surface area contributed by atoms with E-state index in [1.165, 1.54) is 4.90 Å². The van der Waals surface area contributed by atoms with E-state index in [4.69, 9.17) is 5.73 Å². The Morgan fingerprint density at radius 1 is 1.24 bits per heavy atom. The van der Waals surface area contributed by atoms with Crippen molar-refractivity contribution in [2.45, 2.75) is 25.7 Å². The topological polar surface area (TPSA) is 80.5 Å². The molecule has 3 amide bonds. The molecule has 1 aliphatic carbocycles. The van der Waals surface area contributed by atoms with Crippen molar-refractivity contribution in [1.82, 2.24) is 4.90 Å². The average molecular weight is 236 g/mol. The van der Waals surface area contributed by atoms with Gasteiger partial charge in [0.1, 0.15) is 0 Å². The minimum absolute atomic E-state index is 0.0891. The Morgan fingerprint density at radius 2 is 1.76 bits per heavy atom. The Morgan fingerprint density at radius 3 is 2.24 bits per heavy atom. The van der Waals surface area contributed by atoms with Crippen molar-refractivity contribution in [1.29, 1.82) is 0 Å². The van der Waals surface area contributed by atoms with Crippen molar-refractivity contribution in [2.75, 3.05) is 6.54 Å². The zero-order valence-corrected chi connectivity index (χ0v) is 9.59. The highest BCUT2D eigenvalue weighted by Gasteiger charge is 2.46. The van der Waals surface area contributed by atoms with Crippen LogP contribution in [0.25, 0.3) is 0 Å². The third kappa shape index (κ3) is 2.23. The number of hydrogen-bond donors (Lipinski definition) is 1. The van der Waals surface area contributed by atoms with E-state index in [1.54, 1.807) is 0 Å². The van der Waals surface area contributed by atoms with Crippen molar-refractivity contribution >= 4 is 17.7 Å². The van der Waals surface area contributed by atoms with Gasteiger partial charge in [0.25, 0.3) is 0 Å². The fourth-order valence-corrected chi connectivity index (χ4v) is 2.50. The highest BCUT2D eigenvalue weighted by atomic mass is 16.2. The number of hydrogen-bond acceptors (Lipinski definition) is 3. The summed E-state index contributed by atoms with van der Waals surface area (Å²) in [5.74, 6) is -0.937. The first-order chi connectivity index (χ1) is 8.11. The molecule has 2 aliphatic rings. The maximum atomic E-state index is 12.0. The second-order valence-corrected chi connectivity index (χ2v) is 4.55. The lowest BCUT2D eigenvalue weighted by atomic mass is 9.85. The third-order valence-electron chi connectivity index (χ3n) is 3.40. The van der Waals surface area contributed by atoms with Crippen molar-refractivity contribution in [2.24, 2.45) is 17.6 Å². The SMILES string of the molecule is NC(=O)CCCN1C(=O)[C@H]2CC=CC[C@H]2C1=O. The molecule has 0 unspecified atom stereocenters. The number of likely N-dealkylation sites (tertiary alicyclic amines) is 1. The van der Waals surface area contributed by atoms with Gasteiger partial charge in [0.2, 0.25) is 17.7 Å². The summed E-state index contributed by atoms with van der Waals surface area (Å²) in [6.45, 7) is 0.313. The highest BCUT2D eigenvalue weighted by molar-refractivity contribution is 6.05. The summed E-state index contributed by atoms with van der Waals surface area (Å²) in [4.78, 5) is 35.9. The van der Waals surface area contributed by atoms with Crippen LogP contribution in [0.3, 0.4) is 0 Å². The van der Waals surface area contributed by atoms with Crippen LogP contribution in [0.15, 0.2) is 12.2 Å². The van der Waals surface area contributed by atoms with E-state index in [2.05, 4.69) is 0 Å². The second-order valence-electron chi connectivity index (χ2n) is 4.55. The van der Waals surface area contributed by atoms with Crippen LogP contribution in [0.1, 0.15) is 25.7 Å². The molecule has 0 saturated carbocycles. The Bertz CT molecular complexity index is 363. The Balaban J connectivity index is 1.98. The molecule has 2 atom stereocenters. The van der Waals surface area contributed by atoms with Gasteiger partial charge in [-0.15, -0.1) is 0 Å². The van der Waals surface area contributed by atoms with Crippen LogP contribution in [0, 0.1) is 11.8 Å². The van der Waals surface area contributed by atoms with Gasteiger partial charge in [0.15, 0.2) is 0 Å². The highest BCUT2D eigenvalue weighted by Crippen LogP contribution is 2.34. The number of imide groups is 1. The molecule has 0 aromatic rings. The third-order valence-corrected chi connectivity index (χ3v) is 3.40. The standard InChI is InChI=1S/C12H16N2O3/c13-10(15)6-3-7-14-11(16)8-4-1-2-5-9(8)12(14)17/h1-2,8-9H,3-7H2,(H2,13,15)/t8-,9+. The number of nitrogens with two attached hydrogens (primary N) is 1. The van der Waals surface area contributed by atoms with Crippen LogP contribution in [0.4, 0.5) is 0 Å². The van der Waals surface area contributed by atoms with Crippen molar-refractivity contribution < 1.29 is 14.4 Å². The summed E-state index contributed by atoms with van der Waals surface area (Å²) in [7, 11) is 0. The molecule has 5 nitrogen and oxygen atoms in total. The molecule has 0 aromatic carbocycles. The number of rotatable bonds is 4. The van der Waals surface area contributed by atoms with Gasteiger partial charge in [-0.25, -0.2) is 0 Å². The maximum Gasteiger partial charge on any atom is 0.233 e. The Kier molecular flexibility index (Phi) is 3.26. The van der Waals surface area contributed by atoms with Crippen LogP contribution in [0.5, 0.6) is 0 Å². The van der Waals surface area contributed by atoms with Gasteiger partial charge >= 0.3 is 0 Å². The number of carbonyl (C=O) groups excluding carboxylic acids is 3. The Hall–Kier alpha value is -1.65. The zero-order chi connectivity index (χ0) is 12.4. The minimum atomic E-state index is -0.400. The number of carbonyl (C=O) groups is 3.